The lowest BCUT2D eigenvalue weighted by Gasteiger charge is -1.84. The van der Waals surface area contributed by atoms with Crippen LogP contribution >= 0.6 is 68.0 Å². The van der Waals surface area contributed by atoms with E-state index in [1.54, 1.807) is 68.0 Å². The van der Waals surface area contributed by atoms with Gasteiger partial charge in [0.2, 0.25) is 0 Å². The average Bonchev–Trinajstić information content (AvgIpc) is 3.84. The lowest BCUT2D eigenvalue weighted by atomic mass is 10.3. The molecule has 1 aliphatic heterocycles. The summed E-state index contributed by atoms with van der Waals surface area (Å²) in [5, 5.41) is 0. The maximum absolute atomic E-state index is 3.31. The number of hydrogen-bond acceptors (Lipinski definition) is 6. The molecule has 0 atom stereocenters. The normalized spacial score (nSPS) is 13.1. The standard InChI is InChI=1S/C36H16S6/c1-2-26-15-16-28-5-6-30(39-28)19-20-32-9-10-34(41-32)23-24-36-12-11-35(42-36)22-21-33-8-7-31(40-33)18-17-29-4-3-27(38-29)14-13-25(1)37-26/h1-14,23-24H/b14-13-,24-23-,25-13?,27-14?,34-23?,36-24?. The maximum atomic E-state index is 3.31. The van der Waals surface area contributed by atoms with Gasteiger partial charge in [0.25, 0.3) is 0 Å². The molecule has 0 saturated heterocycles. The highest BCUT2D eigenvalue weighted by atomic mass is 32.1. The van der Waals surface area contributed by atoms with Gasteiger partial charge in [-0.1, -0.05) is 0 Å². The Morgan fingerprint density at radius 1 is 0.238 bits per heavy atom. The quantitative estimate of drug-likeness (QED) is 0.145. The molecule has 0 N–H and O–H groups in total. The molecule has 0 fully saturated rings. The Morgan fingerprint density at radius 3 is 0.667 bits per heavy atom. The molecule has 0 amide bonds. The van der Waals surface area contributed by atoms with E-state index >= 15 is 0 Å². The van der Waals surface area contributed by atoms with Crippen molar-refractivity contribution in [2.75, 3.05) is 0 Å². The van der Waals surface area contributed by atoms with Crippen molar-refractivity contribution in [1.82, 2.24) is 0 Å². The summed E-state index contributed by atoms with van der Waals surface area (Å²) >= 11 is 10.0. The number of fused-ring (bicyclic) bond motifs is 12. The van der Waals surface area contributed by atoms with Crippen LogP contribution in [0.5, 0.6) is 0 Å². The summed E-state index contributed by atoms with van der Waals surface area (Å²) in [6.07, 6.45) is 8.57. The second kappa shape index (κ2) is 12.4. The fourth-order valence-electron chi connectivity index (χ4n) is 3.80. The minimum atomic E-state index is 1.02. The van der Waals surface area contributed by atoms with Crippen LogP contribution in [0.4, 0.5) is 0 Å². The summed E-state index contributed by atoms with van der Waals surface area (Å²) in [4.78, 5) is 13.0. The Balaban J connectivity index is 1.19. The van der Waals surface area contributed by atoms with E-state index in [1.807, 2.05) is 24.3 Å². The van der Waals surface area contributed by atoms with Gasteiger partial charge in [0, 0.05) is 19.5 Å². The molecule has 0 saturated carbocycles. The Hall–Kier alpha value is -4.08. The van der Waals surface area contributed by atoms with Crippen LogP contribution in [0.1, 0.15) is 58.5 Å². The third-order valence-electron chi connectivity index (χ3n) is 5.78. The van der Waals surface area contributed by atoms with Gasteiger partial charge >= 0.3 is 0 Å². The number of hydrogen-bond donors (Lipinski definition) is 0. The molecule has 0 nitrogen and oxygen atoms in total. The van der Waals surface area contributed by atoms with E-state index in [9.17, 15) is 0 Å². The van der Waals surface area contributed by atoms with Gasteiger partial charge in [-0.3, -0.25) is 0 Å². The summed E-state index contributed by atoms with van der Waals surface area (Å²) in [7, 11) is 0. The monoisotopic (exact) mass is 640 g/mol. The maximum Gasteiger partial charge on any atom is 0.0785 e. The minimum Gasteiger partial charge on any atom is -0.127 e. The van der Waals surface area contributed by atoms with Crippen molar-refractivity contribution in [3.63, 3.8) is 0 Å². The Kier molecular flexibility index (Phi) is 7.93. The van der Waals surface area contributed by atoms with Crippen molar-refractivity contribution in [2.45, 2.75) is 0 Å². The van der Waals surface area contributed by atoms with Gasteiger partial charge < -0.3 is 0 Å². The largest absolute Gasteiger partial charge is 0.127 e. The van der Waals surface area contributed by atoms with Crippen molar-refractivity contribution in [3.05, 3.63) is 131 Å². The molecule has 6 aromatic heterocycles. The second-order valence-electron chi connectivity index (χ2n) is 8.80. The zero-order valence-corrected chi connectivity index (χ0v) is 26.6. The summed E-state index contributed by atoms with van der Waals surface area (Å²) in [5.74, 6) is 26.5. The van der Waals surface area contributed by atoms with E-state index in [1.165, 1.54) is 19.5 Å². The molecule has 196 valence electrons. The lowest BCUT2D eigenvalue weighted by molar-refractivity contribution is 1.86. The fraction of sp³-hybridized carbons (Fsp3) is 0. The molecule has 12 bridgehead atoms. The minimum absolute atomic E-state index is 1.02. The molecule has 0 unspecified atom stereocenters. The predicted molar refractivity (Wildman–Crippen MR) is 188 cm³/mol. The Morgan fingerprint density at radius 2 is 0.429 bits per heavy atom. The van der Waals surface area contributed by atoms with Gasteiger partial charge in [-0.2, -0.15) is 0 Å². The molecule has 42 heavy (non-hydrogen) atoms. The van der Waals surface area contributed by atoms with Crippen LogP contribution in [-0.2, 0) is 0 Å². The van der Waals surface area contributed by atoms with Crippen molar-refractivity contribution in [1.29, 1.82) is 0 Å². The van der Waals surface area contributed by atoms with Gasteiger partial charge in [-0.25, -0.2) is 0 Å². The highest BCUT2D eigenvalue weighted by Crippen LogP contribution is 2.25. The second-order valence-corrected chi connectivity index (χ2v) is 15.4. The number of rotatable bonds is 0. The molecule has 0 spiro atoms. The lowest BCUT2D eigenvalue weighted by Crippen LogP contribution is -1.63. The molecular weight excluding hydrogens is 625 g/mol. The highest BCUT2D eigenvalue weighted by Gasteiger charge is 2.01. The molecule has 0 aliphatic carbocycles. The topological polar surface area (TPSA) is 0 Å². The van der Waals surface area contributed by atoms with E-state index in [0.29, 0.717) is 0 Å². The first-order chi connectivity index (χ1) is 20.7. The van der Waals surface area contributed by atoms with Gasteiger partial charge in [-0.15, -0.1) is 68.0 Å². The smallest absolute Gasteiger partial charge is 0.0785 e. The summed E-state index contributed by atoms with van der Waals surface area (Å²) in [6.45, 7) is 0. The highest BCUT2D eigenvalue weighted by molar-refractivity contribution is 7.15. The summed E-state index contributed by atoms with van der Waals surface area (Å²) < 4.78 is 0. The van der Waals surface area contributed by atoms with E-state index in [2.05, 4.69) is 120 Å². The van der Waals surface area contributed by atoms with Gasteiger partial charge in [-0.05, 0) is 144 Å². The molecule has 6 heteroatoms. The van der Waals surface area contributed by atoms with E-state index in [-0.39, 0.29) is 0 Å². The van der Waals surface area contributed by atoms with E-state index in [4.69, 9.17) is 0 Å². The van der Waals surface area contributed by atoms with Crippen molar-refractivity contribution >= 4 is 92.3 Å². The van der Waals surface area contributed by atoms with Gasteiger partial charge in [0.1, 0.15) is 0 Å². The molecular formula is C36H16S6. The van der Waals surface area contributed by atoms with Crippen LogP contribution in [0.25, 0.3) is 24.3 Å². The van der Waals surface area contributed by atoms with E-state index < -0.39 is 0 Å². The van der Waals surface area contributed by atoms with Crippen LogP contribution < -0.4 is 0 Å². The summed E-state index contributed by atoms with van der Waals surface area (Å²) in [6, 6.07) is 25.0. The van der Waals surface area contributed by atoms with Gasteiger partial charge in [0.05, 0.1) is 39.0 Å². The zero-order chi connectivity index (χ0) is 28.1. The first-order valence-electron chi connectivity index (χ1n) is 12.7. The van der Waals surface area contributed by atoms with Crippen LogP contribution in [0.2, 0.25) is 0 Å². The number of thiophene rings is 6. The zero-order valence-electron chi connectivity index (χ0n) is 21.7. The fourth-order valence-corrected chi connectivity index (χ4v) is 8.29. The van der Waals surface area contributed by atoms with Gasteiger partial charge in [0.15, 0.2) is 0 Å². The van der Waals surface area contributed by atoms with Crippen LogP contribution in [0, 0.1) is 47.4 Å². The predicted octanol–water partition coefficient (Wildman–Crippen LogP) is 10.3. The third kappa shape index (κ3) is 6.86. The molecule has 7 rings (SSSR count). The molecule has 0 radical (unpaired) electrons. The first kappa shape index (κ1) is 26.8. The molecule has 6 aromatic rings. The molecule has 0 aromatic carbocycles. The Labute approximate surface area is 269 Å². The molecule has 1 aliphatic rings. The Bertz CT molecular complexity index is 1920. The van der Waals surface area contributed by atoms with Crippen molar-refractivity contribution in [2.24, 2.45) is 0 Å². The van der Waals surface area contributed by atoms with Crippen LogP contribution in [0.15, 0.2) is 72.8 Å². The summed E-state index contributed by atoms with van der Waals surface area (Å²) in [5.41, 5.74) is 0. The SMILES string of the molecule is C1#Cc2ccc(s2)/C=C\c2ccc(s2)C#Cc2ccc(s2)C#Cc2ccc(s2)/C=C\c2ccc(s2)C#Cc2ccc1s2. The van der Waals surface area contributed by atoms with Crippen LogP contribution in [0.3, 0.4) is 0 Å². The van der Waals surface area contributed by atoms with Crippen molar-refractivity contribution < 1.29 is 0 Å². The molecule has 7 heterocycles. The van der Waals surface area contributed by atoms with Crippen molar-refractivity contribution in [3.8, 4) is 47.4 Å². The average molecular weight is 641 g/mol. The third-order valence-corrected chi connectivity index (χ3v) is 11.5. The first-order valence-corrected chi connectivity index (χ1v) is 17.6. The van der Waals surface area contributed by atoms with E-state index in [0.717, 1.165) is 39.0 Å². The van der Waals surface area contributed by atoms with Crippen LogP contribution in [-0.4, -0.2) is 0 Å².